The topological polar surface area (TPSA) is 72.9 Å². The van der Waals surface area contributed by atoms with Gasteiger partial charge in [-0.05, 0) is 12.8 Å². The van der Waals surface area contributed by atoms with Gasteiger partial charge in [-0.2, -0.15) is 13.2 Å². The number of aliphatic hydroxyl groups excluding tert-OH is 1. The van der Waals surface area contributed by atoms with Crippen LogP contribution < -0.4 is 5.32 Å². The highest BCUT2D eigenvalue weighted by atomic mass is 19.4. The molecule has 1 aliphatic rings. The van der Waals surface area contributed by atoms with E-state index in [1.807, 2.05) is 0 Å². The average Bonchev–Trinajstić information content (AvgIpc) is 2.42. The standard InChI is InChI=1S/C12H20F3N3O3/c1-17(2)11(21)18-5-3-4-8(7-18)10(20)16-6-9(19)12(13,14)15/h8-9,19H,3-7H2,1-2H3,(H,16,20). The van der Waals surface area contributed by atoms with E-state index in [-0.39, 0.29) is 12.6 Å². The van der Waals surface area contributed by atoms with Gasteiger partial charge in [0.05, 0.1) is 12.5 Å². The van der Waals surface area contributed by atoms with Gasteiger partial charge in [0.15, 0.2) is 6.10 Å². The van der Waals surface area contributed by atoms with Gasteiger partial charge in [0.1, 0.15) is 0 Å². The second-order valence-corrected chi connectivity index (χ2v) is 5.26. The van der Waals surface area contributed by atoms with Gasteiger partial charge in [-0.3, -0.25) is 4.79 Å². The zero-order valence-corrected chi connectivity index (χ0v) is 12.0. The number of likely N-dealkylation sites (tertiary alicyclic amines) is 1. The summed E-state index contributed by atoms with van der Waals surface area (Å²) in [6.07, 6.45) is -6.22. The largest absolute Gasteiger partial charge is 0.416 e. The summed E-state index contributed by atoms with van der Waals surface area (Å²) in [6.45, 7) is -0.183. The summed E-state index contributed by atoms with van der Waals surface area (Å²) < 4.78 is 36.4. The summed E-state index contributed by atoms with van der Waals surface area (Å²) in [6, 6.07) is -0.233. The molecule has 6 nitrogen and oxygen atoms in total. The molecule has 1 saturated heterocycles. The normalized spacial score (nSPS) is 20.9. The Labute approximate surface area is 120 Å². The highest BCUT2D eigenvalue weighted by Crippen LogP contribution is 2.20. The summed E-state index contributed by atoms with van der Waals surface area (Å²) in [5.74, 6) is -1.13. The average molecular weight is 311 g/mol. The number of halogens is 3. The van der Waals surface area contributed by atoms with Crippen molar-refractivity contribution in [2.45, 2.75) is 25.1 Å². The number of amides is 3. The van der Waals surface area contributed by atoms with Gasteiger partial charge in [-0.1, -0.05) is 0 Å². The zero-order valence-electron chi connectivity index (χ0n) is 12.0. The number of aliphatic hydroxyl groups is 1. The molecular weight excluding hydrogens is 291 g/mol. The fraction of sp³-hybridized carbons (Fsp3) is 0.833. The molecule has 2 atom stereocenters. The predicted octanol–water partition coefficient (Wildman–Crippen LogP) is 0.419. The number of urea groups is 1. The van der Waals surface area contributed by atoms with Crippen LogP contribution in [0.25, 0.3) is 0 Å². The van der Waals surface area contributed by atoms with Crippen molar-refractivity contribution in [3.63, 3.8) is 0 Å². The zero-order chi connectivity index (χ0) is 16.2. The molecule has 2 unspecified atom stereocenters. The molecule has 3 amide bonds. The van der Waals surface area contributed by atoms with Crippen molar-refractivity contribution in [1.29, 1.82) is 0 Å². The first kappa shape index (κ1) is 17.5. The number of carbonyl (C=O) groups excluding carboxylic acids is 2. The summed E-state index contributed by atoms with van der Waals surface area (Å²) in [5, 5.41) is 10.9. The minimum atomic E-state index is -4.76. The summed E-state index contributed by atoms with van der Waals surface area (Å²) in [4.78, 5) is 26.5. The maximum atomic E-state index is 12.1. The Morgan fingerprint density at radius 1 is 1.43 bits per heavy atom. The molecule has 0 radical (unpaired) electrons. The third-order valence-electron chi connectivity index (χ3n) is 3.29. The number of nitrogens with one attached hydrogen (secondary N) is 1. The molecule has 0 spiro atoms. The first-order chi connectivity index (χ1) is 9.62. The van der Waals surface area contributed by atoms with Crippen molar-refractivity contribution >= 4 is 11.9 Å². The number of carbonyl (C=O) groups is 2. The molecule has 122 valence electrons. The number of rotatable bonds is 3. The molecule has 2 N–H and O–H groups in total. The van der Waals surface area contributed by atoms with Crippen LogP contribution >= 0.6 is 0 Å². The van der Waals surface area contributed by atoms with Crippen molar-refractivity contribution in [2.24, 2.45) is 5.92 Å². The molecule has 0 saturated carbocycles. The van der Waals surface area contributed by atoms with Crippen molar-refractivity contribution in [3.8, 4) is 0 Å². The van der Waals surface area contributed by atoms with Crippen LogP contribution in [-0.2, 0) is 4.79 Å². The van der Waals surface area contributed by atoms with Gasteiger partial charge >= 0.3 is 12.2 Å². The maximum absolute atomic E-state index is 12.1. The highest BCUT2D eigenvalue weighted by molar-refractivity contribution is 5.80. The molecule has 1 rings (SSSR count). The molecular formula is C12H20F3N3O3. The maximum Gasteiger partial charge on any atom is 0.416 e. The third-order valence-corrected chi connectivity index (χ3v) is 3.29. The predicted molar refractivity (Wildman–Crippen MR) is 68.5 cm³/mol. The van der Waals surface area contributed by atoms with E-state index in [0.29, 0.717) is 19.4 Å². The van der Waals surface area contributed by atoms with Crippen LogP contribution in [0.15, 0.2) is 0 Å². The van der Waals surface area contributed by atoms with Crippen LogP contribution in [-0.4, -0.2) is 72.9 Å². The molecule has 1 fully saturated rings. The lowest BCUT2D eigenvalue weighted by Crippen LogP contribution is -2.50. The van der Waals surface area contributed by atoms with Crippen LogP contribution in [0.4, 0.5) is 18.0 Å². The van der Waals surface area contributed by atoms with E-state index in [0.717, 1.165) is 0 Å². The van der Waals surface area contributed by atoms with Crippen molar-refractivity contribution in [1.82, 2.24) is 15.1 Å². The van der Waals surface area contributed by atoms with E-state index in [1.165, 1.54) is 9.80 Å². The number of hydrogen-bond donors (Lipinski definition) is 2. The van der Waals surface area contributed by atoms with Gasteiger partial charge in [0, 0.05) is 27.2 Å². The fourth-order valence-electron chi connectivity index (χ4n) is 2.11. The molecule has 0 aromatic rings. The molecule has 0 aromatic heterocycles. The van der Waals surface area contributed by atoms with Crippen LogP contribution in [0.2, 0.25) is 0 Å². The van der Waals surface area contributed by atoms with Crippen LogP contribution in [0.5, 0.6) is 0 Å². The van der Waals surface area contributed by atoms with E-state index in [1.54, 1.807) is 14.1 Å². The van der Waals surface area contributed by atoms with Gasteiger partial charge < -0.3 is 20.2 Å². The Morgan fingerprint density at radius 3 is 2.57 bits per heavy atom. The Kier molecular flexibility index (Phi) is 5.82. The minimum Gasteiger partial charge on any atom is -0.382 e. The Balaban J connectivity index is 2.49. The fourth-order valence-corrected chi connectivity index (χ4v) is 2.11. The van der Waals surface area contributed by atoms with Crippen molar-refractivity contribution < 1.29 is 27.9 Å². The van der Waals surface area contributed by atoms with E-state index < -0.39 is 30.7 Å². The van der Waals surface area contributed by atoms with Crippen molar-refractivity contribution in [3.05, 3.63) is 0 Å². The molecule has 9 heteroatoms. The van der Waals surface area contributed by atoms with Gasteiger partial charge in [-0.25, -0.2) is 4.79 Å². The van der Waals surface area contributed by atoms with Gasteiger partial charge in [0.2, 0.25) is 5.91 Å². The smallest absolute Gasteiger partial charge is 0.382 e. The highest BCUT2D eigenvalue weighted by Gasteiger charge is 2.38. The van der Waals surface area contributed by atoms with Crippen molar-refractivity contribution in [2.75, 3.05) is 33.7 Å². The molecule has 0 aromatic carbocycles. The first-order valence-electron chi connectivity index (χ1n) is 6.61. The molecule has 1 heterocycles. The van der Waals surface area contributed by atoms with E-state index in [9.17, 15) is 22.8 Å². The lowest BCUT2D eigenvalue weighted by atomic mass is 9.97. The second-order valence-electron chi connectivity index (χ2n) is 5.26. The summed E-state index contributed by atoms with van der Waals surface area (Å²) in [5.41, 5.74) is 0. The lowest BCUT2D eigenvalue weighted by Gasteiger charge is -2.33. The quantitative estimate of drug-likeness (QED) is 0.793. The Bertz CT molecular complexity index is 388. The number of nitrogens with zero attached hydrogens (tertiary/aromatic N) is 2. The van der Waals surface area contributed by atoms with Crippen LogP contribution in [0, 0.1) is 5.92 Å². The first-order valence-corrected chi connectivity index (χ1v) is 6.61. The van der Waals surface area contributed by atoms with Gasteiger partial charge in [0.25, 0.3) is 0 Å². The molecule has 0 aliphatic carbocycles. The summed E-state index contributed by atoms with van der Waals surface area (Å²) >= 11 is 0. The SMILES string of the molecule is CN(C)C(=O)N1CCCC(C(=O)NCC(O)C(F)(F)F)C1. The van der Waals surface area contributed by atoms with E-state index in [4.69, 9.17) is 5.11 Å². The molecule has 1 aliphatic heterocycles. The minimum absolute atomic E-state index is 0.172. The van der Waals surface area contributed by atoms with E-state index >= 15 is 0 Å². The van der Waals surface area contributed by atoms with E-state index in [2.05, 4.69) is 5.32 Å². The van der Waals surface area contributed by atoms with Crippen LogP contribution in [0.3, 0.4) is 0 Å². The Hall–Kier alpha value is -1.51. The van der Waals surface area contributed by atoms with Crippen LogP contribution in [0.1, 0.15) is 12.8 Å². The number of hydrogen-bond acceptors (Lipinski definition) is 3. The number of piperidine rings is 1. The number of alkyl halides is 3. The molecule has 0 bridgehead atoms. The third kappa shape index (κ3) is 5.07. The summed E-state index contributed by atoms with van der Waals surface area (Å²) in [7, 11) is 3.18. The Morgan fingerprint density at radius 2 is 2.05 bits per heavy atom. The molecule has 21 heavy (non-hydrogen) atoms. The lowest BCUT2D eigenvalue weighted by molar-refractivity contribution is -0.202. The monoisotopic (exact) mass is 311 g/mol. The second kappa shape index (κ2) is 6.97. The van der Waals surface area contributed by atoms with Gasteiger partial charge in [-0.15, -0.1) is 0 Å².